The molecule has 0 saturated carbocycles. The van der Waals surface area contributed by atoms with Crippen molar-refractivity contribution in [1.29, 1.82) is 0 Å². The standard InChI is InChI=1S/C14H18N2O2S/c1-10-5-3-4-6-12(10)9-19-11(2)13(17)16-8-7-15-14(16)18/h3-6,11H,7-9H2,1-2H3,(H,15,18)/t11-/m0/s1. The highest BCUT2D eigenvalue weighted by Crippen LogP contribution is 2.21. The Labute approximate surface area is 117 Å². The average Bonchev–Trinajstić information content (AvgIpc) is 2.83. The van der Waals surface area contributed by atoms with Crippen molar-refractivity contribution in [2.24, 2.45) is 0 Å². The Bertz CT molecular complexity index is 490. The zero-order valence-electron chi connectivity index (χ0n) is 11.2. The molecule has 1 fully saturated rings. The lowest BCUT2D eigenvalue weighted by Gasteiger charge is -2.17. The first-order valence-corrected chi connectivity index (χ1v) is 7.40. The summed E-state index contributed by atoms with van der Waals surface area (Å²) >= 11 is 1.57. The van der Waals surface area contributed by atoms with Gasteiger partial charge in [0.1, 0.15) is 0 Å². The number of hydrogen-bond acceptors (Lipinski definition) is 3. The molecular weight excluding hydrogens is 260 g/mol. The predicted molar refractivity (Wildman–Crippen MR) is 77.0 cm³/mol. The molecule has 1 aliphatic rings. The van der Waals surface area contributed by atoms with Gasteiger partial charge < -0.3 is 5.32 Å². The summed E-state index contributed by atoms with van der Waals surface area (Å²) in [6.45, 7) is 4.96. The minimum Gasteiger partial charge on any atom is -0.336 e. The summed E-state index contributed by atoms with van der Waals surface area (Å²) in [6.07, 6.45) is 0. The molecule has 0 radical (unpaired) electrons. The van der Waals surface area contributed by atoms with Gasteiger partial charge in [-0.15, -0.1) is 11.8 Å². The number of benzene rings is 1. The van der Waals surface area contributed by atoms with E-state index in [1.165, 1.54) is 16.0 Å². The Morgan fingerprint density at radius 1 is 1.47 bits per heavy atom. The molecule has 0 aliphatic carbocycles. The second-order valence-corrected chi connectivity index (χ2v) is 5.93. The Hall–Kier alpha value is -1.49. The van der Waals surface area contributed by atoms with Crippen LogP contribution in [-0.4, -0.2) is 35.2 Å². The van der Waals surface area contributed by atoms with Gasteiger partial charge in [0.2, 0.25) is 5.91 Å². The number of thioether (sulfide) groups is 1. The van der Waals surface area contributed by atoms with Gasteiger partial charge >= 0.3 is 6.03 Å². The van der Waals surface area contributed by atoms with Crippen molar-refractivity contribution in [3.63, 3.8) is 0 Å². The van der Waals surface area contributed by atoms with Crippen molar-refractivity contribution < 1.29 is 9.59 Å². The molecule has 1 aromatic carbocycles. The minimum atomic E-state index is -0.270. The van der Waals surface area contributed by atoms with E-state index in [4.69, 9.17) is 0 Å². The smallest absolute Gasteiger partial charge is 0.324 e. The van der Waals surface area contributed by atoms with Gasteiger partial charge in [-0.05, 0) is 25.0 Å². The number of carbonyl (C=O) groups excluding carboxylic acids is 2. The number of carbonyl (C=O) groups is 2. The molecule has 1 saturated heterocycles. The molecule has 102 valence electrons. The number of amides is 3. The van der Waals surface area contributed by atoms with Gasteiger partial charge in [-0.2, -0.15) is 0 Å². The fourth-order valence-electron chi connectivity index (χ4n) is 1.96. The van der Waals surface area contributed by atoms with Crippen LogP contribution in [0.1, 0.15) is 18.1 Å². The SMILES string of the molecule is Cc1ccccc1CS[C@@H](C)C(=O)N1CCNC1=O. The summed E-state index contributed by atoms with van der Waals surface area (Å²) in [4.78, 5) is 24.8. The fourth-order valence-corrected chi connectivity index (χ4v) is 2.98. The molecule has 0 bridgehead atoms. The number of rotatable bonds is 4. The molecule has 2 rings (SSSR count). The Balaban J connectivity index is 1.91. The molecule has 19 heavy (non-hydrogen) atoms. The van der Waals surface area contributed by atoms with Gasteiger partial charge in [-0.1, -0.05) is 24.3 Å². The second-order valence-electron chi connectivity index (χ2n) is 4.60. The van der Waals surface area contributed by atoms with Crippen LogP contribution in [0.15, 0.2) is 24.3 Å². The maximum absolute atomic E-state index is 12.1. The number of urea groups is 1. The highest BCUT2D eigenvalue weighted by Gasteiger charge is 2.29. The molecule has 1 aromatic rings. The summed E-state index contributed by atoms with van der Waals surface area (Å²) in [5.74, 6) is 0.684. The van der Waals surface area contributed by atoms with Crippen molar-refractivity contribution in [3.8, 4) is 0 Å². The molecule has 0 spiro atoms. The highest BCUT2D eigenvalue weighted by molar-refractivity contribution is 7.99. The minimum absolute atomic E-state index is 0.103. The summed E-state index contributed by atoms with van der Waals surface area (Å²) in [5.41, 5.74) is 2.46. The average molecular weight is 278 g/mol. The van der Waals surface area contributed by atoms with Crippen LogP contribution in [0.5, 0.6) is 0 Å². The predicted octanol–water partition coefficient (Wildman–Crippen LogP) is 2.17. The van der Waals surface area contributed by atoms with Gasteiger partial charge in [0.15, 0.2) is 0 Å². The van der Waals surface area contributed by atoms with Crippen molar-refractivity contribution in [2.75, 3.05) is 13.1 Å². The lowest BCUT2D eigenvalue weighted by atomic mass is 10.1. The molecule has 1 atom stereocenters. The van der Waals surface area contributed by atoms with E-state index in [0.29, 0.717) is 13.1 Å². The van der Waals surface area contributed by atoms with Crippen LogP contribution in [0.2, 0.25) is 0 Å². The van der Waals surface area contributed by atoms with E-state index >= 15 is 0 Å². The van der Waals surface area contributed by atoms with Crippen LogP contribution in [0, 0.1) is 6.92 Å². The van der Waals surface area contributed by atoms with Gasteiger partial charge in [0.05, 0.1) is 5.25 Å². The maximum Gasteiger partial charge on any atom is 0.324 e. The largest absolute Gasteiger partial charge is 0.336 e. The molecular formula is C14H18N2O2S. The normalized spacial score (nSPS) is 16.3. The molecule has 0 unspecified atom stereocenters. The molecule has 1 aliphatic heterocycles. The van der Waals surface area contributed by atoms with Crippen molar-refractivity contribution in [1.82, 2.24) is 10.2 Å². The molecule has 1 heterocycles. The molecule has 0 aromatic heterocycles. The lowest BCUT2D eigenvalue weighted by molar-refractivity contribution is -0.126. The second kappa shape index (κ2) is 6.10. The first-order chi connectivity index (χ1) is 9.09. The quantitative estimate of drug-likeness (QED) is 0.918. The van der Waals surface area contributed by atoms with E-state index < -0.39 is 0 Å². The van der Waals surface area contributed by atoms with Gasteiger partial charge in [-0.25, -0.2) is 4.79 Å². The van der Waals surface area contributed by atoms with Gasteiger partial charge in [0, 0.05) is 18.8 Å². The number of nitrogens with one attached hydrogen (secondary N) is 1. The van der Waals surface area contributed by atoms with Crippen LogP contribution in [0.4, 0.5) is 4.79 Å². The van der Waals surface area contributed by atoms with Crippen LogP contribution in [0.3, 0.4) is 0 Å². The van der Waals surface area contributed by atoms with Crippen molar-refractivity contribution in [2.45, 2.75) is 24.9 Å². The third kappa shape index (κ3) is 3.29. The van der Waals surface area contributed by atoms with E-state index in [1.807, 2.05) is 19.1 Å². The summed E-state index contributed by atoms with van der Waals surface area (Å²) in [7, 11) is 0. The highest BCUT2D eigenvalue weighted by atomic mass is 32.2. The van der Waals surface area contributed by atoms with Crippen LogP contribution >= 0.6 is 11.8 Å². The fraction of sp³-hybridized carbons (Fsp3) is 0.429. The van der Waals surface area contributed by atoms with Crippen LogP contribution in [-0.2, 0) is 10.5 Å². The molecule has 3 amide bonds. The Morgan fingerprint density at radius 3 is 2.84 bits per heavy atom. The first kappa shape index (κ1) is 13.9. The maximum atomic E-state index is 12.1. The third-order valence-electron chi connectivity index (χ3n) is 3.22. The monoisotopic (exact) mass is 278 g/mol. The zero-order valence-corrected chi connectivity index (χ0v) is 12.0. The number of hydrogen-bond donors (Lipinski definition) is 1. The van der Waals surface area contributed by atoms with E-state index in [2.05, 4.69) is 24.4 Å². The first-order valence-electron chi connectivity index (χ1n) is 6.35. The van der Waals surface area contributed by atoms with Crippen molar-refractivity contribution in [3.05, 3.63) is 35.4 Å². The molecule has 5 heteroatoms. The Morgan fingerprint density at radius 2 is 2.21 bits per heavy atom. The zero-order chi connectivity index (χ0) is 13.8. The number of nitrogens with zero attached hydrogens (tertiary/aromatic N) is 1. The topological polar surface area (TPSA) is 49.4 Å². The van der Waals surface area contributed by atoms with E-state index in [0.717, 1.165) is 5.75 Å². The van der Waals surface area contributed by atoms with Gasteiger partial charge in [-0.3, -0.25) is 9.69 Å². The van der Waals surface area contributed by atoms with Crippen LogP contribution < -0.4 is 5.32 Å². The summed E-state index contributed by atoms with van der Waals surface area (Å²) < 4.78 is 0. The molecule has 1 N–H and O–H groups in total. The summed E-state index contributed by atoms with van der Waals surface area (Å²) in [6, 6.07) is 7.88. The van der Waals surface area contributed by atoms with E-state index in [9.17, 15) is 9.59 Å². The summed E-state index contributed by atoms with van der Waals surface area (Å²) in [5, 5.41) is 2.44. The third-order valence-corrected chi connectivity index (χ3v) is 4.40. The van der Waals surface area contributed by atoms with Crippen LogP contribution in [0.25, 0.3) is 0 Å². The number of imide groups is 1. The van der Waals surface area contributed by atoms with E-state index in [1.54, 1.807) is 11.8 Å². The molecule has 4 nitrogen and oxygen atoms in total. The number of aryl methyl sites for hydroxylation is 1. The lowest BCUT2D eigenvalue weighted by Crippen LogP contribution is -2.39. The van der Waals surface area contributed by atoms with Gasteiger partial charge in [0.25, 0.3) is 0 Å². The van der Waals surface area contributed by atoms with E-state index in [-0.39, 0.29) is 17.2 Å². The Kier molecular flexibility index (Phi) is 4.47. The van der Waals surface area contributed by atoms with Crippen molar-refractivity contribution >= 4 is 23.7 Å².